The first-order valence-electron chi connectivity index (χ1n) is 7.56. The average molecular weight is 320 g/mol. The van der Waals surface area contributed by atoms with Crippen molar-refractivity contribution >= 4 is 27.5 Å². The highest BCUT2D eigenvalue weighted by molar-refractivity contribution is 7.18. The number of aliphatic hydroxyl groups is 2. The number of para-hydroxylation sites is 1. The smallest absolute Gasteiger partial charge is 0.254 e. The molecule has 6 heteroatoms. The maximum Gasteiger partial charge on any atom is 0.254 e. The van der Waals surface area contributed by atoms with Crippen molar-refractivity contribution in [3.05, 3.63) is 29.3 Å². The van der Waals surface area contributed by atoms with E-state index in [1.807, 2.05) is 24.3 Å². The van der Waals surface area contributed by atoms with E-state index in [-0.39, 0.29) is 0 Å². The first-order valence-corrected chi connectivity index (χ1v) is 8.38. The predicted molar refractivity (Wildman–Crippen MR) is 85.6 cm³/mol. The number of benzene rings is 1. The molecule has 0 saturated carbocycles. The third kappa shape index (κ3) is 2.99. The van der Waals surface area contributed by atoms with E-state index in [4.69, 9.17) is 0 Å². The number of carbonyl (C=O) groups excluding carboxylic acids is 1. The summed E-state index contributed by atoms with van der Waals surface area (Å²) in [6, 6.07) is 7.52. The van der Waals surface area contributed by atoms with Crippen LogP contribution < -0.4 is 0 Å². The van der Waals surface area contributed by atoms with Gasteiger partial charge in [-0.25, -0.2) is 4.98 Å². The lowest BCUT2D eigenvalue weighted by molar-refractivity contribution is -0.147. The Balaban J connectivity index is 1.73. The molecule has 3 rings (SSSR count). The van der Waals surface area contributed by atoms with Gasteiger partial charge in [-0.1, -0.05) is 19.1 Å². The molecule has 2 atom stereocenters. The van der Waals surface area contributed by atoms with Gasteiger partial charge in [-0.15, -0.1) is 11.3 Å². The number of carbonyl (C=O) groups is 1. The molecule has 1 aromatic heterocycles. The van der Waals surface area contributed by atoms with Gasteiger partial charge >= 0.3 is 0 Å². The zero-order valence-corrected chi connectivity index (χ0v) is 13.3. The summed E-state index contributed by atoms with van der Waals surface area (Å²) >= 11 is 1.31. The van der Waals surface area contributed by atoms with Gasteiger partial charge in [-0.2, -0.15) is 0 Å². The van der Waals surface area contributed by atoms with Crippen LogP contribution in [0.3, 0.4) is 0 Å². The summed E-state index contributed by atoms with van der Waals surface area (Å²) in [6.07, 6.45) is -0.844. The Morgan fingerprint density at radius 3 is 2.68 bits per heavy atom. The van der Waals surface area contributed by atoms with Crippen molar-refractivity contribution in [3.8, 4) is 0 Å². The summed E-state index contributed by atoms with van der Waals surface area (Å²) < 4.78 is 0.933. The molecule has 1 saturated heterocycles. The fraction of sp³-hybridized carbons (Fsp3) is 0.500. The number of fused-ring (bicyclic) bond motifs is 1. The van der Waals surface area contributed by atoms with E-state index in [9.17, 15) is 15.0 Å². The molecule has 2 aromatic rings. The number of thiazole rings is 1. The molecular weight excluding hydrogens is 300 g/mol. The minimum absolute atomic E-state index is 0.382. The topological polar surface area (TPSA) is 73.7 Å². The second-order valence-electron chi connectivity index (χ2n) is 5.92. The van der Waals surface area contributed by atoms with Crippen LogP contribution in [0.15, 0.2) is 24.3 Å². The number of aromatic nitrogens is 1. The molecule has 0 radical (unpaired) electrons. The van der Waals surface area contributed by atoms with Crippen molar-refractivity contribution < 1.29 is 15.0 Å². The van der Waals surface area contributed by atoms with Crippen LogP contribution in [0.4, 0.5) is 0 Å². The zero-order chi connectivity index (χ0) is 15.7. The predicted octanol–water partition coefficient (Wildman–Crippen LogP) is 1.95. The van der Waals surface area contributed by atoms with Crippen LogP contribution >= 0.6 is 11.3 Å². The fourth-order valence-corrected chi connectivity index (χ4v) is 3.69. The standard InChI is InChI=1S/C16H20N2O3S/c1-10-6-8-18(9-7-10)16(21)14(20)13(19)15-17-11-4-2-3-5-12(11)22-15/h2-5,10,13-14,19-20H,6-9H2,1H3. The monoisotopic (exact) mass is 320 g/mol. The molecular formula is C16H20N2O3S. The molecule has 0 spiro atoms. The third-order valence-corrected chi connectivity index (χ3v) is 5.32. The summed E-state index contributed by atoms with van der Waals surface area (Å²) in [6.45, 7) is 3.45. The Kier molecular flexibility index (Phi) is 4.42. The summed E-state index contributed by atoms with van der Waals surface area (Å²) in [4.78, 5) is 18.3. The van der Waals surface area contributed by atoms with Crippen LogP contribution in [0.1, 0.15) is 30.9 Å². The number of hydrogen-bond acceptors (Lipinski definition) is 5. The van der Waals surface area contributed by atoms with Crippen molar-refractivity contribution in [1.29, 1.82) is 0 Å². The molecule has 1 fully saturated rings. The second kappa shape index (κ2) is 6.32. The number of hydrogen-bond donors (Lipinski definition) is 2. The number of amides is 1. The average Bonchev–Trinajstić information content (AvgIpc) is 2.97. The summed E-state index contributed by atoms with van der Waals surface area (Å²) in [5.41, 5.74) is 0.771. The van der Waals surface area contributed by atoms with Crippen LogP contribution in [0.25, 0.3) is 10.2 Å². The van der Waals surface area contributed by atoms with Gasteiger partial charge in [0.25, 0.3) is 5.91 Å². The van der Waals surface area contributed by atoms with E-state index in [1.165, 1.54) is 11.3 Å². The highest BCUT2D eigenvalue weighted by Crippen LogP contribution is 2.29. The summed E-state index contributed by atoms with van der Waals surface area (Å²) in [5.74, 6) is 0.203. The van der Waals surface area contributed by atoms with Gasteiger partial charge in [0, 0.05) is 13.1 Å². The Morgan fingerprint density at radius 1 is 1.32 bits per heavy atom. The highest BCUT2D eigenvalue weighted by atomic mass is 32.1. The lowest BCUT2D eigenvalue weighted by Crippen LogP contribution is -2.45. The van der Waals surface area contributed by atoms with Crippen molar-refractivity contribution in [2.75, 3.05) is 13.1 Å². The van der Waals surface area contributed by atoms with Gasteiger partial charge in [0.2, 0.25) is 0 Å². The molecule has 1 aliphatic heterocycles. The first-order chi connectivity index (χ1) is 10.6. The molecule has 0 aliphatic carbocycles. The first kappa shape index (κ1) is 15.4. The van der Waals surface area contributed by atoms with Crippen LogP contribution in [-0.2, 0) is 4.79 Å². The maximum absolute atomic E-state index is 12.3. The summed E-state index contributed by atoms with van der Waals surface area (Å²) in [5, 5.41) is 20.9. The Morgan fingerprint density at radius 2 is 2.00 bits per heavy atom. The third-order valence-electron chi connectivity index (χ3n) is 4.21. The lowest BCUT2D eigenvalue weighted by atomic mass is 9.98. The second-order valence-corrected chi connectivity index (χ2v) is 6.98. The number of nitrogens with zero attached hydrogens (tertiary/aromatic N) is 2. The quantitative estimate of drug-likeness (QED) is 0.906. The van der Waals surface area contributed by atoms with Crippen molar-refractivity contribution in [3.63, 3.8) is 0 Å². The Hall–Kier alpha value is -1.50. The molecule has 118 valence electrons. The van der Waals surface area contributed by atoms with E-state index in [2.05, 4.69) is 11.9 Å². The molecule has 5 nitrogen and oxygen atoms in total. The van der Waals surface area contributed by atoms with E-state index in [1.54, 1.807) is 4.90 Å². The minimum atomic E-state index is -1.45. The SMILES string of the molecule is CC1CCN(C(=O)C(O)C(O)c2nc3ccccc3s2)CC1. The molecule has 0 bridgehead atoms. The lowest BCUT2D eigenvalue weighted by Gasteiger charge is -2.32. The van der Waals surface area contributed by atoms with Crippen LogP contribution in [-0.4, -0.2) is 45.2 Å². The number of piperidine rings is 1. The molecule has 2 heterocycles. The summed E-state index contributed by atoms with van der Waals surface area (Å²) in [7, 11) is 0. The Bertz CT molecular complexity index is 631. The van der Waals surface area contributed by atoms with E-state index >= 15 is 0 Å². The molecule has 2 N–H and O–H groups in total. The molecule has 22 heavy (non-hydrogen) atoms. The molecule has 1 amide bonds. The fourth-order valence-electron chi connectivity index (χ4n) is 2.70. The normalized spacial score (nSPS) is 19.3. The van der Waals surface area contributed by atoms with E-state index in [0.29, 0.717) is 24.0 Å². The van der Waals surface area contributed by atoms with Crippen LogP contribution in [0, 0.1) is 5.92 Å². The highest BCUT2D eigenvalue weighted by Gasteiger charge is 2.33. The largest absolute Gasteiger partial charge is 0.383 e. The number of likely N-dealkylation sites (tertiary alicyclic amines) is 1. The molecule has 1 aliphatic rings. The number of aliphatic hydroxyl groups excluding tert-OH is 2. The zero-order valence-electron chi connectivity index (χ0n) is 12.5. The minimum Gasteiger partial charge on any atom is -0.383 e. The van der Waals surface area contributed by atoms with E-state index < -0.39 is 18.1 Å². The maximum atomic E-state index is 12.3. The van der Waals surface area contributed by atoms with Gasteiger partial charge in [0.1, 0.15) is 11.1 Å². The number of rotatable bonds is 3. The molecule has 2 unspecified atom stereocenters. The molecule has 1 aromatic carbocycles. The van der Waals surface area contributed by atoms with Crippen LogP contribution in [0.5, 0.6) is 0 Å². The van der Waals surface area contributed by atoms with Gasteiger partial charge in [0.15, 0.2) is 6.10 Å². The van der Waals surface area contributed by atoms with Gasteiger partial charge in [-0.3, -0.25) is 4.79 Å². The Labute approximate surface area is 133 Å². The van der Waals surface area contributed by atoms with Crippen molar-refractivity contribution in [1.82, 2.24) is 9.88 Å². The van der Waals surface area contributed by atoms with Gasteiger partial charge in [-0.05, 0) is 30.9 Å². The van der Waals surface area contributed by atoms with Gasteiger partial charge < -0.3 is 15.1 Å². The van der Waals surface area contributed by atoms with Gasteiger partial charge in [0.05, 0.1) is 10.2 Å². The van der Waals surface area contributed by atoms with E-state index in [0.717, 1.165) is 23.1 Å². The van der Waals surface area contributed by atoms with Crippen molar-refractivity contribution in [2.24, 2.45) is 5.92 Å². The van der Waals surface area contributed by atoms with Crippen molar-refractivity contribution in [2.45, 2.75) is 32.0 Å². The van der Waals surface area contributed by atoms with Crippen LogP contribution in [0.2, 0.25) is 0 Å².